The number of nitrogen functional groups attached to an aromatic ring is 1. The maximum Gasteiger partial charge on any atom is 0.228 e. The molecule has 0 aliphatic carbocycles. The molecule has 6 heteroatoms. The number of aromatic nitrogens is 2. The minimum atomic E-state index is -0.321. The summed E-state index contributed by atoms with van der Waals surface area (Å²) < 4.78 is 0. The molecular formula is C14H23N5O. The van der Waals surface area contributed by atoms with E-state index in [2.05, 4.69) is 14.9 Å². The van der Waals surface area contributed by atoms with E-state index in [0.29, 0.717) is 11.6 Å². The largest absolute Gasteiger partial charge is 0.384 e. The van der Waals surface area contributed by atoms with E-state index in [-0.39, 0.29) is 11.3 Å². The smallest absolute Gasteiger partial charge is 0.228 e. The number of nitrogens with zero attached hydrogens (tertiary/aromatic N) is 4. The van der Waals surface area contributed by atoms with Crippen LogP contribution in [0.25, 0.3) is 0 Å². The fourth-order valence-electron chi connectivity index (χ4n) is 2.35. The van der Waals surface area contributed by atoms with Gasteiger partial charge in [0.1, 0.15) is 17.5 Å². The van der Waals surface area contributed by atoms with Gasteiger partial charge in [-0.3, -0.25) is 4.79 Å². The maximum atomic E-state index is 12.2. The highest BCUT2D eigenvalue weighted by atomic mass is 16.2. The molecule has 6 nitrogen and oxygen atoms in total. The second-order valence-electron chi connectivity index (χ2n) is 6.23. The van der Waals surface area contributed by atoms with Gasteiger partial charge in [-0.05, 0) is 6.92 Å². The number of amides is 1. The van der Waals surface area contributed by atoms with Gasteiger partial charge in [-0.15, -0.1) is 0 Å². The highest BCUT2D eigenvalue weighted by Crippen LogP contribution is 2.21. The van der Waals surface area contributed by atoms with Crippen LogP contribution in [0.2, 0.25) is 0 Å². The molecule has 1 aliphatic rings. The molecule has 0 radical (unpaired) electrons. The Morgan fingerprint density at radius 2 is 1.80 bits per heavy atom. The summed E-state index contributed by atoms with van der Waals surface area (Å²) in [5.41, 5.74) is 5.44. The summed E-state index contributed by atoms with van der Waals surface area (Å²) in [6, 6.07) is 1.79. The van der Waals surface area contributed by atoms with E-state index in [4.69, 9.17) is 5.73 Å². The van der Waals surface area contributed by atoms with Gasteiger partial charge in [0.15, 0.2) is 0 Å². The van der Waals surface area contributed by atoms with Gasteiger partial charge in [-0.25, -0.2) is 9.97 Å². The van der Waals surface area contributed by atoms with Gasteiger partial charge in [0.2, 0.25) is 5.91 Å². The summed E-state index contributed by atoms with van der Waals surface area (Å²) in [4.78, 5) is 24.8. The molecule has 2 N–H and O–H groups in total. The van der Waals surface area contributed by atoms with Gasteiger partial charge in [0.25, 0.3) is 0 Å². The predicted octanol–water partition coefficient (Wildman–Crippen LogP) is 1.06. The van der Waals surface area contributed by atoms with Crippen molar-refractivity contribution in [2.45, 2.75) is 27.7 Å². The maximum absolute atomic E-state index is 12.2. The van der Waals surface area contributed by atoms with Crippen molar-refractivity contribution in [3.8, 4) is 0 Å². The highest BCUT2D eigenvalue weighted by molar-refractivity contribution is 5.81. The molecule has 0 spiro atoms. The molecule has 20 heavy (non-hydrogen) atoms. The van der Waals surface area contributed by atoms with Gasteiger partial charge < -0.3 is 15.5 Å². The van der Waals surface area contributed by atoms with Crippen LogP contribution in [0, 0.1) is 12.3 Å². The number of nitrogens with two attached hydrogens (primary N) is 1. The molecule has 110 valence electrons. The molecule has 1 aromatic heterocycles. The van der Waals surface area contributed by atoms with E-state index in [0.717, 1.165) is 32.0 Å². The summed E-state index contributed by atoms with van der Waals surface area (Å²) in [5, 5.41) is 0. The van der Waals surface area contributed by atoms with Gasteiger partial charge in [0, 0.05) is 37.7 Å². The number of carbonyl (C=O) groups is 1. The number of anilines is 2. The molecule has 2 heterocycles. The quantitative estimate of drug-likeness (QED) is 0.831. The van der Waals surface area contributed by atoms with Crippen molar-refractivity contribution in [2.24, 2.45) is 5.41 Å². The fraction of sp³-hybridized carbons (Fsp3) is 0.643. The number of rotatable bonds is 1. The minimum absolute atomic E-state index is 0.204. The summed E-state index contributed by atoms with van der Waals surface area (Å²) in [6.07, 6.45) is 0. The van der Waals surface area contributed by atoms with Crippen molar-refractivity contribution >= 4 is 17.5 Å². The van der Waals surface area contributed by atoms with Gasteiger partial charge in [-0.2, -0.15) is 0 Å². The lowest BCUT2D eigenvalue weighted by Gasteiger charge is -2.38. The third-order valence-electron chi connectivity index (χ3n) is 3.38. The van der Waals surface area contributed by atoms with Crippen LogP contribution in [0.4, 0.5) is 11.6 Å². The Labute approximate surface area is 120 Å². The van der Waals surface area contributed by atoms with Crippen molar-refractivity contribution in [3.05, 3.63) is 11.9 Å². The van der Waals surface area contributed by atoms with Crippen LogP contribution >= 0.6 is 0 Å². The van der Waals surface area contributed by atoms with E-state index in [1.165, 1.54) is 0 Å². The van der Waals surface area contributed by atoms with Crippen LogP contribution in [0.3, 0.4) is 0 Å². The summed E-state index contributed by atoms with van der Waals surface area (Å²) in [5.74, 6) is 2.21. The third kappa shape index (κ3) is 3.18. The Morgan fingerprint density at radius 3 is 2.30 bits per heavy atom. The van der Waals surface area contributed by atoms with E-state index in [1.807, 2.05) is 32.6 Å². The number of hydrogen-bond donors (Lipinski definition) is 1. The molecule has 1 aromatic rings. The zero-order valence-corrected chi connectivity index (χ0v) is 12.7. The van der Waals surface area contributed by atoms with Crippen LogP contribution in [0.5, 0.6) is 0 Å². The Morgan fingerprint density at radius 1 is 1.20 bits per heavy atom. The van der Waals surface area contributed by atoms with Crippen molar-refractivity contribution in [1.29, 1.82) is 0 Å². The lowest BCUT2D eigenvalue weighted by molar-refractivity contribution is -0.139. The molecule has 0 unspecified atom stereocenters. The fourth-order valence-corrected chi connectivity index (χ4v) is 2.35. The van der Waals surface area contributed by atoms with Crippen LogP contribution in [-0.4, -0.2) is 47.0 Å². The number of carbonyl (C=O) groups excluding carboxylic acids is 1. The lowest BCUT2D eigenvalue weighted by Crippen LogP contribution is -2.51. The first-order valence-electron chi connectivity index (χ1n) is 6.93. The predicted molar refractivity (Wildman–Crippen MR) is 79.4 cm³/mol. The van der Waals surface area contributed by atoms with Crippen LogP contribution in [0.1, 0.15) is 26.6 Å². The topological polar surface area (TPSA) is 75.3 Å². The van der Waals surface area contributed by atoms with Gasteiger partial charge >= 0.3 is 0 Å². The zero-order chi connectivity index (χ0) is 14.9. The molecule has 1 amide bonds. The first-order valence-corrected chi connectivity index (χ1v) is 6.93. The first kappa shape index (κ1) is 14.6. The molecule has 2 rings (SSSR count). The molecule has 0 aromatic carbocycles. The number of piperazine rings is 1. The molecule has 0 bridgehead atoms. The van der Waals surface area contributed by atoms with Crippen LogP contribution in [0.15, 0.2) is 6.07 Å². The monoisotopic (exact) mass is 277 g/mol. The number of aryl methyl sites for hydroxylation is 1. The average molecular weight is 277 g/mol. The summed E-state index contributed by atoms with van der Waals surface area (Å²) >= 11 is 0. The lowest BCUT2D eigenvalue weighted by atomic mass is 9.94. The van der Waals surface area contributed by atoms with Crippen LogP contribution in [-0.2, 0) is 4.79 Å². The highest BCUT2D eigenvalue weighted by Gasteiger charge is 2.30. The standard InChI is InChI=1S/C14H23N5O/c1-10-16-11(15)9-12(17-10)18-5-7-19(8-6-18)13(20)14(2,3)4/h9H,5-8H2,1-4H3,(H2,15,16,17). The van der Waals surface area contributed by atoms with Crippen LogP contribution < -0.4 is 10.6 Å². The second-order valence-corrected chi connectivity index (χ2v) is 6.23. The van der Waals surface area contributed by atoms with Crippen molar-refractivity contribution in [3.63, 3.8) is 0 Å². The second kappa shape index (κ2) is 5.26. The third-order valence-corrected chi connectivity index (χ3v) is 3.38. The van der Waals surface area contributed by atoms with E-state index < -0.39 is 0 Å². The normalized spacial score (nSPS) is 16.4. The molecule has 0 saturated carbocycles. The molecular weight excluding hydrogens is 254 g/mol. The average Bonchev–Trinajstić information content (AvgIpc) is 2.36. The Balaban J connectivity index is 2.03. The first-order chi connectivity index (χ1) is 9.27. The minimum Gasteiger partial charge on any atom is -0.384 e. The van der Waals surface area contributed by atoms with Crippen molar-refractivity contribution < 1.29 is 4.79 Å². The van der Waals surface area contributed by atoms with E-state index in [1.54, 1.807) is 6.07 Å². The van der Waals surface area contributed by atoms with E-state index in [9.17, 15) is 4.79 Å². The van der Waals surface area contributed by atoms with Crippen molar-refractivity contribution in [1.82, 2.24) is 14.9 Å². The van der Waals surface area contributed by atoms with Gasteiger partial charge in [0.05, 0.1) is 0 Å². The number of hydrogen-bond acceptors (Lipinski definition) is 5. The zero-order valence-electron chi connectivity index (χ0n) is 12.7. The molecule has 1 fully saturated rings. The van der Waals surface area contributed by atoms with Crippen molar-refractivity contribution in [2.75, 3.05) is 36.8 Å². The van der Waals surface area contributed by atoms with E-state index >= 15 is 0 Å². The SMILES string of the molecule is Cc1nc(N)cc(N2CCN(C(=O)C(C)(C)C)CC2)n1. The molecule has 1 aliphatic heterocycles. The Hall–Kier alpha value is -1.85. The summed E-state index contributed by atoms with van der Waals surface area (Å²) in [7, 11) is 0. The molecule has 0 atom stereocenters. The van der Waals surface area contributed by atoms with Gasteiger partial charge in [-0.1, -0.05) is 20.8 Å². The Bertz CT molecular complexity index is 481. The molecule has 1 saturated heterocycles. The summed E-state index contributed by atoms with van der Waals surface area (Å²) in [6.45, 7) is 10.7. The Kier molecular flexibility index (Phi) is 3.83.